The lowest BCUT2D eigenvalue weighted by atomic mass is 9.96. The van der Waals surface area contributed by atoms with Gasteiger partial charge in [0.2, 0.25) is 11.1 Å². The third-order valence-corrected chi connectivity index (χ3v) is 5.54. The molecule has 7 nitrogen and oxygen atoms in total. The van der Waals surface area contributed by atoms with E-state index >= 15 is 0 Å². The van der Waals surface area contributed by atoms with Crippen LogP contribution in [0.3, 0.4) is 0 Å². The first-order valence-corrected chi connectivity index (χ1v) is 11.5. The maximum atomic E-state index is 12.9. The number of nitrogens with zero attached hydrogens (tertiary/aromatic N) is 3. The van der Waals surface area contributed by atoms with E-state index in [9.17, 15) is 4.79 Å². The lowest BCUT2D eigenvalue weighted by Gasteiger charge is -2.28. The number of carbonyl (C=O) groups is 1. The molecule has 2 aromatic rings. The van der Waals surface area contributed by atoms with Crippen LogP contribution in [0.15, 0.2) is 53.3 Å². The van der Waals surface area contributed by atoms with E-state index in [4.69, 9.17) is 9.47 Å². The number of benzene rings is 1. The predicted octanol–water partition coefficient (Wildman–Crippen LogP) is 4.83. The fourth-order valence-corrected chi connectivity index (χ4v) is 3.82. The van der Waals surface area contributed by atoms with Gasteiger partial charge in [0.05, 0.1) is 12.2 Å². The number of aromatic nitrogens is 3. The summed E-state index contributed by atoms with van der Waals surface area (Å²) in [5.74, 6) is 2.45. The fourth-order valence-electron chi connectivity index (χ4n) is 3.27. The number of fused-ring (bicyclic) bond motifs is 1. The van der Waals surface area contributed by atoms with Gasteiger partial charge in [-0.2, -0.15) is 4.98 Å². The molecule has 1 unspecified atom stereocenters. The molecule has 0 fully saturated rings. The van der Waals surface area contributed by atoms with Gasteiger partial charge in [0.25, 0.3) is 0 Å². The number of hydrogen-bond donors (Lipinski definition) is 1. The van der Waals surface area contributed by atoms with E-state index < -0.39 is 12.0 Å². The van der Waals surface area contributed by atoms with E-state index in [-0.39, 0.29) is 6.61 Å². The first kappa shape index (κ1) is 22.9. The second kappa shape index (κ2) is 10.5. The molecule has 31 heavy (non-hydrogen) atoms. The lowest BCUT2D eigenvalue weighted by Crippen LogP contribution is -2.29. The van der Waals surface area contributed by atoms with Crippen LogP contribution in [0.25, 0.3) is 0 Å². The van der Waals surface area contributed by atoms with Gasteiger partial charge in [-0.25, -0.2) is 9.48 Å². The summed E-state index contributed by atoms with van der Waals surface area (Å²) in [5.41, 5.74) is 2.10. The molecule has 2 heterocycles. The molecule has 0 spiro atoms. The van der Waals surface area contributed by atoms with Crippen LogP contribution in [0.2, 0.25) is 0 Å². The zero-order valence-corrected chi connectivity index (χ0v) is 19.4. The monoisotopic (exact) mass is 442 g/mol. The summed E-state index contributed by atoms with van der Waals surface area (Å²) in [6, 6.07) is 7.34. The zero-order chi connectivity index (χ0) is 22.4. The molecule has 0 aliphatic carbocycles. The summed E-state index contributed by atoms with van der Waals surface area (Å²) >= 11 is 1.55. The van der Waals surface area contributed by atoms with Crippen molar-refractivity contribution in [3.8, 4) is 5.75 Å². The highest BCUT2D eigenvalue weighted by Gasteiger charge is 2.35. The van der Waals surface area contributed by atoms with Crippen molar-refractivity contribution in [1.29, 1.82) is 0 Å². The molecular formula is C23H30N4O3S. The number of anilines is 1. The lowest BCUT2D eigenvalue weighted by molar-refractivity contribution is -0.138. The summed E-state index contributed by atoms with van der Waals surface area (Å²) in [7, 11) is 0. The van der Waals surface area contributed by atoms with E-state index in [1.807, 2.05) is 31.2 Å². The standard InChI is InChI=1S/C23H30N4O3S/c1-6-13-30-21(28)19-16(5)24-22-25-23(31-7-2)26-27(22)20(19)17-8-10-18(11-9-17)29-14-12-15(3)4/h6,8-11,15,20H,1,7,12-14H2,2-5H3,(H,24,25,26). The van der Waals surface area contributed by atoms with Crippen molar-refractivity contribution in [3.05, 3.63) is 53.8 Å². The minimum Gasteiger partial charge on any atom is -0.494 e. The molecule has 0 saturated carbocycles. The normalized spacial score (nSPS) is 15.5. The molecular weight excluding hydrogens is 412 g/mol. The van der Waals surface area contributed by atoms with Gasteiger partial charge in [-0.15, -0.1) is 5.10 Å². The molecule has 1 aromatic heterocycles. The van der Waals surface area contributed by atoms with Crippen molar-refractivity contribution in [3.63, 3.8) is 0 Å². The topological polar surface area (TPSA) is 78.3 Å². The van der Waals surface area contributed by atoms with Gasteiger partial charge in [0.1, 0.15) is 18.4 Å². The molecule has 0 bridgehead atoms. The van der Waals surface area contributed by atoms with Crippen molar-refractivity contribution in [2.75, 3.05) is 24.3 Å². The minimum atomic E-state index is -0.447. The van der Waals surface area contributed by atoms with E-state index in [1.165, 1.54) is 0 Å². The Morgan fingerprint density at radius 3 is 2.74 bits per heavy atom. The van der Waals surface area contributed by atoms with E-state index in [1.54, 1.807) is 22.5 Å². The van der Waals surface area contributed by atoms with E-state index in [2.05, 4.69) is 42.7 Å². The highest BCUT2D eigenvalue weighted by atomic mass is 32.2. The summed E-state index contributed by atoms with van der Waals surface area (Å²) < 4.78 is 13.0. The van der Waals surface area contributed by atoms with Crippen LogP contribution < -0.4 is 10.1 Å². The molecule has 1 N–H and O–H groups in total. The number of thioether (sulfide) groups is 1. The van der Waals surface area contributed by atoms with Crippen molar-refractivity contribution in [2.24, 2.45) is 5.92 Å². The van der Waals surface area contributed by atoms with Gasteiger partial charge < -0.3 is 14.8 Å². The summed E-state index contributed by atoms with van der Waals surface area (Å²) in [4.78, 5) is 17.5. The van der Waals surface area contributed by atoms with E-state index in [0.717, 1.165) is 23.5 Å². The van der Waals surface area contributed by atoms with Gasteiger partial charge in [0.15, 0.2) is 0 Å². The highest BCUT2D eigenvalue weighted by molar-refractivity contribution is 7.99. The van der Waals surface area contributed by atoms with Crippen molar-refractivity contribution >= 4 is 23.7 Å². The van der Waals surface area contributed by atoms with Crippen molar-refractivity contribution in [1.82, 2.24) is 14.8 Å². The molecule has 8 heteroatoms. The average molecular weight is 443 g/mol. The smallest absolute Gasteiger partial charge is 0.338 e. The molecule has 1 aliphatic heterocycles. The third-order valence-electron chi connectivity index (χ3n) is 4.82. The fraction of sp³-hybridized carbons (Fsp3) is 0.435. The number of rotatable bonds is 10. The molecule has 1 aromatic carbocycles. The molecule has 166 valence electrons. The van der Waals surface area contributed by atoms with Crippen molar-refractivity contribution in [2.45, 2.75) is 45.3 Å². The number of nitrogens with one attached hydrogen (secondary N) is 1. The van der Waals surface area contributed by atoms with Gasteiger partial charge >= 0.3 is 5.97 Å². The number of ether oxygens (including phenoxy) is 2. The van der Waals surface area contributed by atoms with E-state index in [0.29, 0.717) is 34.9 Å². The average Bonchev–Trinajstić information content (AvgIpc) is 3.13. The summed E-state index contributed by atoms with van der Waals surface area (Å²) in [5, 5.41) is 8.51. The second-order valence-corrected chi connectivity index (χ2v) is 8.88. The van der Waals surface area contributed by atoms with Crippen LogP contribution in [0, 0.1) is 5.92 Å². The number of hydrogen-bond acceptors (Lipinski definition) is 7. The van der Waals surface area contributed by atoms with Crippen LogP contribution in [-0.4, -0.2) is 39.7 Å². The van der Waals surface area contributed by atoms with Gasteiger partial charge in [0, 0.05) is 5.70 Å². The van der Waals surface area contributed by atoms with Gasteiger partial charge in [-0.05, 0) is 42.7 Å². The van der Waals surface area contributed by atoms with Crippen molar-refractivity contribution < 1.29 is 14.3 Å². The highest BCUT2D eigenvalue weighted by Crippen LogP contribution is 2.37. The molecule has 0 radical (unpaired) electrons. The predicted molar refractivity (Wildman–Crippen MR) is 123 cm³/mol. The number of carbonyl (C=O) groups excluding carboxylic acids is 1. The minimum absolute atomic E-state index is 0.145. The molecule has 3 rings (SSSR count). The Labute approximate surface area is 187 Å². The Morgan fingerprint density at radius 1 is 1.35 bits per heavy atom. The Morgan fingerprint density at radius 2 is 2.10 bits per heavy atom. The first-order valence-electron chi connectivity index (χ1n) is 10.5. The molecule has 1 aliphatic rings. The van der Waals surface area contributed by atoms with Crippen LogP contribution in [-0.2, 0) is 9.53 Å². The Bertz CT molecular complexity index is 950. The second-order valence-electron chi connectivity index (χ2n) is 7.65. The Balaban J connectivity index is 1.94. The van der Waals surface area contributed by atoms with Gasteiger partial charge in [-0.1, -0.05) is 57.3 Å². The zero-order valence-electron chi connectivity index (χ0n) is 18.6. The summed E-state index contributed by atoms with van der Waals surface area (Å²) in [6.07, 6.45) is 2.55. The third kappa shape index (κ3) is 5.50. The summed E-state index contributed by atoms with van der Waals surface area (Å²) in [6.45, 7) is 12.7. The number of allylic oxidation sites excluding steroid dienone is 1. The van der Waals surface area contributed by atoms with Crippen LogP contribution >= 0.6 is 11.8 Å². The maximum absolute atomic E-state index is 12.9. The van der Waals surface area contributed by atoms with Crippen LogP contribution in [0.4, 0.5) is 5.95 Å². The van der Waals surface area contributed by atoms with Gasteiger partial charge in [-0.3, -0.25) is 0 Å². The Hall–Kier alpha value is -2.74. The molecule has 0 saturated heterocycles. The number of esters is 1. The molecule has 1 atom stereocenters. The largest absolute Gasteiger partial charge is 0.494 e. The SMILES string of the molecule is C=CCOC(=O)C1=C(C)Nc2nc(SCC)nn2C1c1ccc(OCCC(C)C)cc1. The first-order chi connectivity index (χ1) is 14.9. The quantitative estimate of drug-likeness (QED) is 0.321. The molecule has 0 amide bonds. The Kier molecular flexibility index (Phi) is 7.79. The maximum Gasteiger partial charge on any atom is 0.338 e. The van der Waals surface area contributed by atoms with Crippen LogP contribution in [0.5, 0.6) is 5.75 Å². The van der Waals surface area contributed by atoms with Crippen LogP contribution in [0.1, 0.15) is 45.7 Å².